The molecule has 0 spiro atoms. The van der Waals surface area contributed by atoms with Crippen LogP contribution in [0.5, 0.6) is 0 Å². The van der Waals surface area contributed by atoms with Gasteiger partial charge in [-0.05, 0) is 24.5 Å². The Balaban J connectivity index is 2.01. The first-order valence-electron chi connectivity index (χ1n) is 6.22. The van der Waals surface area contributed by atoms with Crippen molar-refractivity contribution in [1.29, 1.82) is 0 Å². The smallest absolute Gasteiger partial charge is 0.164 e. The molecule has 0 saturated heterocycles. The van der Waals surface area contributed by atoms with Gasteiger partial charge in [0.25, 0.3) is 0 Å². The van der Waals surface area contributed by atoms with Crippen molar-refractivity contribution in [2.75, 3.05) is 0 Å². The van der Waals surface area contributed by atoms with Crippen LogP contribution in [0, 0.1) is 0 Å². The summed E-state index contributed by atoms with van der Waals surface area (Å²) in [6.45, 7) is 4.39. The molecule has 2 aromatic heterocycles. The molecular weight excluding hydrogens is 242 g/mol. The lowest BCUT2D eigenvalue weighted by Gasteiger charge is -2.01. The van der Waals surface area contributed by atoms with Crippen molar-refractivity contribution in [3.63, 3.8) is 0 Å². The molecule has 18 heavy (non-hydrogen) atoms. The van der Waals surface area contributed by atoms with Crippen LogP contribution in [0.2, 0.25) is 0 Å². The molecule has 0 saturated carbocycles. The van der Waals surface area contributed by atoms with Gasteiger partial charge >= 0.3 is 0 Å². The zero-order valence-electron chi connectivity index (χ0n) is 10.5. The topological polar surface area (TPSA) is 26.0 Å². The minimum atomic E-state index is 0.513. The summed E-state index contributed by atoms with van der Waals surface area (Å²) in [5.41, 5.74) is 2.09. The zero-order valence-corrected chi connectivity index (χ0v) is 11.3. The van der Waals surface area contributed by atoms with Gasteiger partial charge in [-0.25, -0.2) is 4.98 Å². The van der Waals surface area contributed by atoms with Gasteiger partial charge in [0.2, 0.25) is 0 Å². The highest BCUT2D eigenvalue weighted by Crippen LogP contribution is 2.31. The normalized spacial score (nSPS) is 13.0. The Kier molecular flexibility index (Phi) is 2.92. The summed E-state index contributed by atoms with van der Waals surface area (Å²) in [4.78, 5) is 4.67. The van der Waals surface area contributed by atoms with Crippen LogP contribution in [0.15, 0.2) is 40.1 Å². The van der Waals surface area contributed by atoms with Gasteiger partial charge in [-0.1, -0.05) is 32.0 Å². The van der Waals surface area contributed by atoms with Crippen molar-refractivity contribution >= 4 is 22.3 Å². The third-order valence-electron chi connectivity index (χ3n) is 3.28. The second kappa shape index (κ2) is 4.58. The molecule has 1 atom stereocenters. The number of aromatic nitrogens is 1. The lowest BCUT2D eigenvalue weighted by atomic mass is 10.1. The fraction of sp³-hybridized carbons (Fsp3) is 0.267. The van der Waals surface area contributed by atoms with Crippen molar-refractivity contribution in [3.05, 3.63) is 41.4 Å². The van der Waals surface area contributed by atoms with Gasteiger partial charge in [-0.3, -0.25) is 0 Å². The average Bonchev–Trinajstić information content (AvgIpc) is 3.03. The van der Waals surface area contributed by atoms with Gasteiger partial charge < -0.3 is 4.42 Å². The van der Waals surface area contributed by atoms with E-state index >= 15 is 0 Å². The van der Waals surface area contributed by atoms with E-state index in [2.05, 4.69) is 36.3 Å². The van der Waals surface area contributed by atoms with Crippen molar-refractivity contribution < 1.29 is 4.42 Å². The molecule has 0 radical (unpaired) electrons. The maximum Gasteiger partial charge on any atom is 0.164 e. The third-order valence-corrected chi connectivity index (χ3v) is 4.15. The average molecular weight is 257 g/mol. The second-order valence-corrected chi connectivity index (χ2v) is 5.39. The van der Waals surface area contributed by atoms with Crippen LogP contribution in [0.3, 0.4) is 0 Å². The van der Waals surface area contributed by atoms with Gasteiger partial charge in [0.1, 0.15) is 5.58 Å². The number of hydrogen-bond donors (Lipinski definition) is 0. The number of hydrogen-bond acceptors (Lipinski definition) is 3. The standard InChI is InChI=1S/C15H15NOS/c1-3-10(2)12-9-18-15(16-12)14-8-11-6-4-5-7-13(11)17-14/h4-10H,3H2,1-2H3. The fourth-order valence-electron chi connectivity index (χ4n) is 1.92. The predicted molar refractivity (Wildman–Crippen MR) is 76.0 cm³/mol. The molecule has 0 aliphatic rings. The second-order valence-electron chi connectivity index (χ2n) is 4.54. The number of benzene rings is 1. The Labute approximate surface area is 110 Å². The first-order chi connectivity index (χ1) is 8.78. The van der Waals surface area contributed by atoms with E-state index < -0.39 is 0 Å². The molecule has 0 fully saturated rings. The minimum Gasteiger partial charge on any atom is -0.454 e. The summed E-state index contributed by atoms with van der Waals surface area (Å²) in [7, 11) is 0. The molecule has 2 heterocycles. The van der Waals surface area contributed by atoms with Gasteiger partial charge in [0, 0.05) is 10.8 Å². The largest absolute Gasteiger partial charge is 0.454 e. The van der Waals surface area contributed by atoms with E-state index in [4.69, 9.17) is 4.42 Å². The number of thiazole rings is 1. The molecule has 1 aromatic carbocycles. The first-order valence-corrected chi connectivity index (χ1v) is 7.10. The van der Waals surface area contributed by atoms with Crippen LogP contribution in [0.4, 0.5) is 0 Å². The number of fused-ring (bicyclic) bond motifs is 1. The molecule has 1 unspecified atom stereocenters. The molecule has 3 heteroatoms. The lowest BCUT2D eigenvalue weighted by Crippen LogP contribution is -1.90. The van der Waals surface area contributed by atoms with E-state index in [-0.39, 0.29) is 0 Å². The lowest BCUT2D eigenvalue weighted by molar-refractivity contribution is 0.629. The highest BCUT2D eigenvalue weighted by atomic mass is 32.1. The van der Waals surface area contributed by atoms with Gasteiger partial charge in [-0.15, -0.1) is 11.3 Å². The SMILES string of the molecule is CCC(C)c1csc(-c2cc3ccccc3o2)n1. The van der Waals surface area contributed by atoms with Crippen LogP contribution in [-0.2, 0) is 0 Å². The molecule has 3 aromatic rings. The van der Waals surface area contributed by atoms with E-state index in [1.807, 2.05) is 18.2 Å². The fourth-order valence-corrected chi connectivity index (χ4v) is 2.81. The van der Waals surface area contributed by atoms with Crippen molar-refractivity contribution in [2.45, 2.75) is 26.2 Å². The zero-order chi connectivity index (χ0) is 12.5. The van der Waals surface area contributed by atoms with Crippen LogP contribution >= 0.6 is 11.3 Å². The summed E-state index contributed by atoms with van der Waals surface area (Å²) >= 11 is 1.66. The van der Waals surface area contributed by atoms with Crippen LogP contribution in [-0.4, -0.2) is 4.98 Å². The predicted octanol–water partition coefficient (Wildman–Crippen LogP) is 5.07. The van der Waals surface area contributed by atoms with E-state index in [9.17, 15) is 0 Å². The van der Waals surface area contributed by atoms with Crippen LogP contribution in [0.25, 0.3) is 21.7 Å². The molecule has 92 valence electrons. The number of furan rings is 1. The van der Waals surface area contributed by atoms with Crippen molar-refractivity contribution in [2.24, 2.45) is 0 Å². The number of rotatable bonds is 3. The van der Waals surface area contributed by atoms with Gasteiger partial charge in [-0.2, -0.15) is 0 Å². The number of para-hydroxylation sites is 1. The van der Waals surface area contributed by atoms with E-state index in [0.717, 1.165) is 33.9 Å². The Morgan fingerprint density at radius 3 is 2.94 bits per heavy atom. The minimum absolute atomic E-state index is 0.513. The highest BCUT2D eigenvalue weighted by Gasteiger charge is 2.12. The molecule has 2 nitrogen and oxygen atoms in total. The molecular formula is C15H15NOS. The third kappa shape index (κ3) is 1.95. The summed E-state index contributed by atoms with van der Waals surface area (Å²) in [6.07, 6.45) is 1.11. The van der Waals surface area contributed by atoms with Crippen LogP contribution < -0.4 is 0 Å². The first kappa shape index (κ1) is 11.5. The maximum absolute atomic E-state index is 5.83. The Morgan fingerprint density at radius 2 is 2.17 bits per heavy atom. The monoisotopic (exact) mass is 257 g/mol. The molecule has 0 amide bonds. The van der Waals surface area contributed by atoms with Crippen molar-refractivity contribution in [1.82, 2.24) is 4.98 Å². The molecule has 0 aliphatic carbocycles. The van der Waals surface area contributed by atoms with Gasteiger partial charge in [0.05, 0.1) is 5.69 Å². The maximum atomic E-state index is 5.83. The van der Waals surface area contributed by atoms with Crippen molar-refractivity contribution in [3.8, 4) is 10.8 Å². The molecule has 0 N–H and O–H groups in total. The summed E-state index contributed by atoms with van der Waals surface area (Å²) in [6, 6.07) is 10.1. The summed E-state index contributed by atoms with van der Waals surface area (Å²) in [5, 5.41) is 4.24. The summed E-state index contributed by atoms with van der Waals surface area (Å²) in [5.74, 6) is 1.38. The number of nitrogens with zero attached hydrogens (tertiary/aromatic N) is 1. The summed E-state index contributed by atoms with van der Waals surface area (Å²) < 4.78 is 5.83. The Morgan fingerprint density at radius 1 is 1.33 bits per heavy atom. The van der Waals surface area contributed by atoms with Gasteiger partial charge in [0.15, 0.2) is 10.8 Å². The Hall–Kier alpha value is -1.61. The van der Waals surface area contributed by atoms with Crippen LogP contribution in [0.1, 0.15) is 31.9 Å². The molecule has 0 bridgehead atoms. The molecule has 0 aliphatic heterocycles. The van der Waals surface area contributed by atoms with E-state index in [1.54, 1.807) is 11.3 Å². The molecule has 3 rings (SSSR count). The quantitative estimate of drug-likeness (QED) is 0.654. The van der Waals surface area contributed by atoms with E-state index in [1.165, 1.54) is 0 Å². The van der Waals surface area contributed by atoms with E-state index in [0.29, 0.717) is 5.92 Å². The highest BCUT2D eigenvalue weighted by molar-refractivity contribution is 7.13. The Bertz CT molecular complexity index is 635.